The first kappa shape index (κ1) is 11.6. The monoisotopic (exact) mass is 237 g/mol. The molecule has 0 unspecified atom stereocenters. The molecule has 1 aromatic rings. The molecule has 1 aliphatic rings. The highest BCUT2D eigenvalue weighted by Crippen LogP contribution is 2.25. The van der Waals surface area contributed by atoms with Crippen LogP contribution in [0.15, 0.2) is 18.5 Å². The second kappa shape index (κ2) is 4.99. The van der Waals surface area contributed by atoms with E-state index < -0.39 is 5.97 Å². The van der Waals surface area contributed by atoms with Gasteiger partial charge in [0.15, 0.2) is 0 Å². The second-order valence-electron chi connectivity index (χ2n) is 4.32. The lowest BCUT2D eigenvalue weighted by atomic mass is 10.1. The van der Waals surface area contributed by atoms with Crippen molar-refractivity contribution in [2.45, 2.75) is 31.8 Å². The molecule has 0 saturated heterocycles. The minimum atomic E-state index is -0.770. The fraction of sp³-hybridized carbons (Fsp3) is 0.545. The minimum absolute atomic E-state index is 0.0147. The molecule has 0 radical (unpaired) electrons. The van der Waals surface area contributed by atoms with Crippen molar-refractivity contribution in [3.63, 3.8) is 0 Å². The van der Waals surface area contributed by atoms with E-state index in [1.165, 1.54) is 0 Å². The fourth-order valence-electron chi connectivity index (χ4n) is 2.15. The predicted molar refractivity (Wildman–Crippen MR) is 59.1 cm³/mol. The van der Waals surface area contributed by atoms with Crippen LogP contribution in [0.3, 0.4) is 0 Å². The van der Waals surface area contributed by atoms with Crippen molar-refractivity contribution in [3.8, 4) is 0 Å². The van der Waals surface area contributed by atoms with Crippen LogP contribution in [0.5, 0.6) is 0 Å². The van der Waals surface area contributed by atoms with Crippen molar-refractivity contribution in [2.24, 2.45) is 5.92 Å². The average Bonchev–Trinajstić information content (AvgIpc) is 2.88. The van der Waals surface area contributed by atoms with Gasteiger partial charge in [-0.05, 0) is 25.3 Å². The number of hydrogen-bond acceptors (Lipinski definition) is 3. The molecule has 1 aromatic heterocycles. The first-order valence-corrected chi connectivity index (χ1v) is 5.65. The maximum atomic E-state index is 11.6. The highest BCUT2D eigenvalue weighted by Gasteiger charge is 2.30. The lowest BCUT2D eigenvalue weighted by Gasteiger charge is -2.12. The van der Waals surface area contributed by atoms with Crippen LogP contribution in [0.2, 0.25) is 0 Å². The highest BCUT2D eigenvalue weighted by atomic mass is 16.4. The molecule has 2 atom stereocenters. The summed E-state index contributed by atoms with van der Waals surface area (Å²) in [5.41, 5.74) is 0. The standard InChI is InChI=1S/C11H15N3O3/c15-10(7-14-5-1-4-12-14)13-9-3-2-8(6-9)11(16)17/h1,4-5,8-9H,2-3,6-7H2,(H,13,15)(H,16,17)/t8-,9+/m0/s1. The maximum absolute atomic E-state index is 11.6. The lowest BCUT2D eigenvalue weighted by Crippen LogP contribution is -2.35. The summed E-state index contributed by atoms with van der Waals surface area (Å²) in [6, 6.07) is 1.74. The number of amides is 1. The molecule has 1 heterocycles. The molecule has 1 aliphatic carbocycles. The number of hydrogen-bond donors (Lipinski definition) is 2. The van der Waals surface area contributed by atoms with Crippen LogP contribution in [0.1, 0.15) is 19.3 Å². The normalized spacial score (nSPS) is 23.5. The van der Waals surface area contributed by atoms with Crippen LogP contribution in [0.4, 0.5) is 0 Å². The van der Waals surface area contributed by atoms with Gasteiger partial charge in [0.2, 0.25) is 5.91 Å². The summed E-state index contributed by atoms with van der Waals surface area (Å²) in [5.74, 6) is -1.21. The van der Waals surface area contributed by atoms with Gasteiger partial charge in [0.1, 0.15) is 6.54 Å². The van der Waals surface area contributed by atoms with Crippen molar-refractivity contribution >= 4 is 11.9 Å². The van der Waals surface area contributed by atoms with Gasteiger partial charge in [-0.25, -0.2) is 0 Å². The summed E-state index contributed by atoms with van der Waals surface area (Å²) in [6.45, 7) is 0.182. The SMILES string of the molecule is O=C(Cn1cccn1)N[C@@H]1CC[C@H](C(=O)O)C1. The minimum Gasteiger partial charge on any atom is -0.481 e. The molecule has 1 amide bonds. The maximum Gasteiger partial charge on any atom is 0.306 e. The van der Waals surface area contributed by atoms with E-state index in [-0.39, 0.29) is 24.4 Å². The molecule has 0 aromatic carbocycles. The number of carboxylic acid groups (broad SMARTS) is 1. The van der Waals surface area contributed by atoms with Gasteiger partial charge in [-0.2, -0.15) is 5.10 Å². The second-order valence-corrected chi connectivity index (χ2v) is 4.32. The van der Waals surface area contributed by atoms with Gasteiger partial charge >= 0.3 is 5.97 Å². The van der Waals surface area contributed by atoms with Gasteiger partial charge in [-0.15, -0.1) is 0 Å². The molecule has 6 heteroatoms. The zero-order valence-corrected chi connectivity index (χ0v) is 9.37. The first-order chi connectivity index (χ1) is 8.15. The molecule has 17 heavy (non-hydrogen) atoms. The zero-order chi connectivity index (χ0) is 12.3. The lowest BCUT2D eigenvalue weighted by molar-refractivity contribution is -0.141. The summed E-state index contributed by atoms with van der Waals surface area (Å²) in [4.78, 5) is 22.4. The van der Waals surface area contributed by atoms with Crippen molar-refractivity contribution in [2.75, 3.05) is 0 Å². The Labute approximate surface area is 98.6 Å². The smallest absolute Gasteiger partial charge is 0.306 e. The number of nitrogens with zero attached hydrogens (tertiary/aromatic N) is 2. The number of rotatable bonds is 4. The van der Waals surface area contributed by atoms with Crippen LogP contribution >= 0.6 is 0 Å². The first-order valence-electron chi connectivity index (χ1n) is 5.65. The molecular weight excluding hydrogens is 222 g/mol. The Bertz CT molecular complexity index is 402. The van der Waals surface area contributed by atoms with Crippen molar-refractivity contribution < 1.29 is 14.7 Å². The molecular formula is C11H15N3O3. The topological polar surface area (TPSA) is 84.2 Å². The number of carbonyl (C=O) groups excluding carboxylic acids is 1. The van der Waals surface area contributed by atoms with E-state index in [0.717, 1.165) is 6.42 Å². The van der Waals surface area contributed by atoms with Crippen LogP contribution in [-0.2, 0) is 16.1 Å². The van der Waals surface area contributed by atoms with Crippen molar-refractivity contribution in [1.82, 2.24) is 15.1 Å². The molecule has 1 saturated carbocycles. The van der Waals surface area contributed by atoms with Crippen LogP contribution in [0.25, 0.3) is 0 Å². The van der Waals surface area contributed by atoms with Gasteiger partial charge in [-0.1, -0.05) is 0 Å². The highest BCUT2D eigenvalue weighted by molar-refractivity contribution is 5.76. The van der Waals surface area contributed by atoms with Crippen LogP contribution in [-0.4, -0.2) is 32.8 Å². The molecule has 0 spiro atoms. The number of carbonyl (C=O) groups is 2. The molecule has 1 fully saturated rings. The van der Waals surface area contributed by atoms with E-state index in [1.807, 2.05) is 0 Å². The Morgan fingerprint density at radius 2 is 2.29 bits per heavy atom. The Kier molecular flexibility index (Phi) is 3.41. The Hall–Kier alpha value is -1.85. The van der Waals surface area contributed by atoms with Crippen LogP contribution < -0.4 is 5.32 Å². The summed E-state index contributed by atoms with van der Waals surface area (Å²) < 4.78 is 1.54. The van der Waals surface area contributed by atoms with E-state index in [9.17, 15) is 9.59 Å². The van der Waals surface area contributed by atoms with E-state index in [2.05, 4.69) is 10.4 Å². The van der Waals surface area contributed by atoms with Gasteiger partial charge in [0, 0.05) is 18.4 Å². The third kappa shape index (κ3) is 3.05. The quantitative estimate of drug-likeness (QED) is 0.786. The number of aromatic nitrogens is 2. The zero-order valence-electron chi connectivity index (χ0n) is 9.37. The molecule has 2 rings (SSSR count). The van der Waals surface area contributed by atoms with Gasteiger partial charge in [0.05, 0.1) is 5.92 Å². The number of nitrogens with one attached hydrogen (secondary N) is 1. The average molecular weight is 237 g/mol. The largest absolute Gasteiger partial charge is 0.481 e. The summed E-state index contributed by atoms with van der Waals surface area (Å²) in [5, 5.41) is 15.6. The van der Waals surface area contributed by atoms with Crippen LogP contribution in [0, 0.1) is 5.92 Å². The molecule has 6 nitrogen and oxygen atoms in total. The van der Waals surface area contributed by atoms with Crippen molar-refractivity contribution in [1.29, 1.82) is 0 Å². The predicted octanol–water partition coefficient (Wildman–Crippen LogP) is 0.253. The van der Waals surface area contributed by atoms with Gasteiger partial charge < -0.3 is 10.4 Å². The van der Waals surface area contributed by atoms with E-state index in [4.69, 9.17) is 5.11 Å². The van der Waals surface area contributed by atoms with E-state index >= 15 is 0 Å². The Morgan fingerprint density at radius 1 is 1.47 bits per heavy atom. The summed E-state index contributed by atoms with van der Waals surface area (Å²) in [6.07, 6.45) is 5.24. The summed E-state index contributed by atoms with van der Waals surface area (Å²) >= 11 is 0. The van der Waals surface area contributed by atoms with E-state index in [1.54, 1.807) is 23.1 Å². The molecule has 2 N–H and O–H groups in total. The van der Waals surface area contributed by atoms with E-state index in [0.29, 0.717) is 12.8 Å². The number of carboxylic acids is 1. The molecule has 0 aliphatic heterocycles. The molecule has 0 bridgehead atoms. The van der Waals surface area contributed by atoms with Gasteiger partial charge in [-0.3, -0.25) is 14.3 Å². The third-order valence-corrected chi connectivity index (χ3v) is 3.01. The Morgan fingerprint density at radius 3 is 2.88 bits per heavy atom. The summed E-state index contributed by atoms with van der Waals surface area (Å²) in [7, 11) is 0. The number of aliphatic carboxylic acids is 1. The third-order valence-electron chi connectivity index (χ3n) is 3.01. The van der Waals surface area contributed by atoms with Crippen molar-refractivity contribution in [3.05, 3.63) is 18.5 Å². The fourth-order valence-corrected chi connectivity index (χ4v) is 2.15. The van der Waals surface area contributed by atoms with Gasteiger partial charge in [0.25, 0.3) is 0 Å². The molecule has 92 valence electrons. The Balaban J connectivity index is 1.78.